The first kappa shape index (κ1) is 14.0. The summed E-state index contributed by atoms with van der Waals surface area (Å²) in [5.74, 6) is 0.254. The average Bonchev–Trinajstić information content (AvgIpc) is 3.06. The summed E-state index contributed by atoms with van der Waals surface area (Å²) in [6.07, 6.45) is 0.874. The minimum Gasteiger partial charge on any atom is -1.00 e. The molecule has 0 amide bonds. The van der Waals surface area contributed by atoms with E-state index in [9.17, 15) is 4.79 Å². The maximum Gasteiger partial charge on any atom is 0.317 e. The van der Waals surface area contributed by atoms with Gasteiger partial charge in [0, 0.05) is 5.92 Å². The molecule has 2 rings (SSSR count). The molecule has 0 unspecified atom stereocenters. The van der Waals surface area contributed by atoms with E-state index in [2.05, 4.69) is 5.73 Å². The van der Waals surface area contributed by atoms with Crippen molar-refractivity contribution in [1.82, 2.24) is 0 Å². The molecule has 0 spiro atoms. The average molecular weight is 256 g/mol. The summed E-state index contributed by atoms with van der Waals surface area (Å²) in [7, 11) is 0. The molecule has 1 fully saturated rings. The van der Waals surface area contributed by atoms with Crippen LogP contribution < -0.4 is 18.1 Å². The fraction of sp³-hybridized carbons (Fsp3) is 0.462. The normalized spacial score (nSPS) is 25.9. The van der Waals surface area contributed by atoms with Gasteiger partial charge in [-0.25, -0.2) is 0 Å². The lowest BCUT2D eigenvalue weighted by Gasteiger charge is -2.15. The second-order valence-corrected chi connectivity index (χ2v) is 4.25. The molecular weight excluding hydrogens is 238 g/mol. The Morgan fingerprint density at radius 3 is 2.59 bits per heavy atom. The minimum absolute atomic E-state index is 0. The first-order valence-electron chi connectivity index (χ1n) is 5.77. The van der Waals surface area contributed by atoms with Gasteiger partial charge < -0.3 is 22.9 Å². The maximum atomic E-state index is 12.0. The van der Waals surface area contributed by atoms with Crippen molar-refractivity contribution in [2.45, 2.75) is 18.8 Å². The summed E-state index contributed by atoms with van der Waals surface area (Å²) in [6, 6.07) is 9.91. The van der Waals surface area contributed by atoms with Gasteiger partial charge in [-0.05, 0) is 18.9 Å². The van der Waals surface area contributed by atoms with Crippen molar-refractivity contribution in [2.75, 3.05) is 13.2 Å². The van der Waals surface area contributed by atoms with Gasteiger partial charge in [0.25, 0.3) is 0 Å². The topological polar surface area (TPSA) is 53.9 Å². The molecule has 0 aromatic heterocycles. The summed E-state index contributed by atoms with van der Waals surface area (Å²) in [5.41, 5.74) is 4.57. The van der Waals surface area contributed by atoms with Crippen LogP contribution >= 0.6 is 0 Å². The summed E-state index contributed by atoms with van der Waals surface area (Å²) < 4.78 is 5.19. The summed E-state index contributed by atoms with van der Waals surface area (Å²) in [4.78, 5) is 12.0. The molecular formula is C13H18ClNO2. The number of quaternary nitrogens is 1. The molecule has 0 heterocycles. The molecule has 4 heteroatoms. The number of esters is 1. The van der Waals surface area contributed by atoms with Crippen LogP contribution in [0, 0.1) is 5.92 Å². The molecule has 2 atom stereocenters. The van der Waals surface area contributed by atoms with E-state index in [1.54, 1.807) is 0 Å². The van der Waals surface area contributed by atoms with Gasteiger partial charge in [0.2, 0.25) is 0 Å². The van der Waals surface area contributed by atoms with Crippen LogP contribution in [0.25, 0.3) is 0 Å². The predicted octanol–water partition coefficient (Wildman–Crippen LogP) is -2.25. The van der Waals surface area contributed by atoms with E-state index in [4.69, 9.17) is 4.74 Å². The summed E-state index contributed by atoms with van der Waals surface area (Å²) in [6.45, 7) is 3.07. The maximum absolute atomic E-state index is 12.0. The Hall–Kier alpha value is -1.06. The molecule has 0 saturated heterocycles. The number of ether oxygens (including phenoxy) is 1. The molecule has 3 N–H and O–H groups in total. The second kappa shape index (κ2) is 5.52. The van der Waals surface area contributed by atoms with Gasteiger partial charge in [0.1, 0.15) is 5.41 Å². The third-order valence-electron chi connectivity index (χ3n) is 3.38. The molecule has 17 heavy (non-hydrogen) atoms. The van der Waals surface area contributed by atoms with Crippen LogP contribution in [0.4, 0.5) is 0 Å². The Morgan fingerprint density at radius 2 is 2.12 bits per heavy atom. The number of hydrogen-bond donors (Lipinski definition) is 1. The Balaban J connectivity index is 0.00000144. The van der Waals surface area contributed by atoms with E-state index < -0.39 is 5.41 Å². The van der Waals surface area contributed by atoms with E-state index in [-0.39, 0.29) is 18.4 Å². The summed E-state index contributed by atoms with van der Waals surface area (Å²) >= 11 is 0. The van der Waals surface area contributed by atoms with Crippen molar-refractivity contribution in [2.24, 2.45) is 5.92 Å². The van der Waals surface area contributed by atoms with Crippen LogP contribution in [-0.2, 0) is 14.9 Å². The molecule has 1 saturated carbocycles. The molecule has 0 aliphatic heterocycles. The Bertz CT molecular complexity index is 382. The number of hydrogen-bond acceptors (Lipinski definition) is 2. The number of benzene rings is 1. The van der Waals surface area contributed by atoms with Crippen LogP contribution in [0.1, 0.15) is 18.9 Å². The van der Waals surface area contributed by atoms with Gasteiger partial charge in [-0.1, -0.05) is 30.3 Å². The minimum atomic E-state index is -0.404. The predicted molar refractivity (Wildman–Crippen MR) is 60.6 cm³/mol. The highest BCUT2D eigenvalue weighted by Gasteiger charge is 2.62. The lowest BCUT2D eigenvalue weighted by atomic mass is 9.93. The summed E-state index contributed by atoms with van der Waals surface area (Å²) in [5, 5.41) is 0. The zero-order valence-corrected chi connectivity index (χ0v) is 10.7. The van der Waals surface area contributed by atoms with Crippen LogP contribution in [-0.4, -0.2) is 19.1 Å². The highest BCUT2D eigenvalue weighted by Crippen LogP contribution is 2.54. The molecule has 94 valence electrons. The number of carbonyl (C=O) groups excluding carboxylic acids is 1. The first-order valence-corrected chi connectivity index (χ1v) is 5.77. The van der Waals surface area contributed by atoms with Crippen LogP contribution in [0.15, 0.2) is 30.3 Å². The van der Waals surface area contributed by atoms with E-state index in [0.29, 0.717) is 12.5 Å². The number of carbonyl (C=O) groups is 1. The smallest absolute Gasteiger partial charge is 0.317 e. The number of rotatable bonds is 4. The van der Waals surface area contributed by atoms with Gasteiger partial charge in [-0.3, -0.25) is 4.79 Å². The van der Waals surface area contributed by atoms with E-state index in [0.717, 1.165) is 18.5 Å². The fourth-order valence-corrected chi connectivity index (χ4v) is 2.40. The van der Waals surface area contributed by atoms with Crippen molar-refractivity contribution in [1.29, 1.82) is 0 Å². The molecule has 1 aliphatic rings. The highest BCUT2D eigenvalue weighted by atomic mass is 35.5. The van der Waals surface area contributed by atoms with E-state index in [1.165, 1.54) is 0 Å². The molecule has 3 nitrogen and oxygen atoms in total. The zero-order chi connectivity index (χ0) is 11.6. The first-order chi connectivity index (χ1) is 7.75. The van der Waals surface area contributed by atoms with Crippen molar-refractivity contribution in [3.63, 3.8) is 0 Å². The van der Waals surface area contributed by atoms with E-state index >= 15 is 0 Å². The third-order valence-corrected chi connectivity index (χ3v) is 3.38. The van der Waals surface area contributed by atoms with Crippen molar-refractivity contribution in [3.05, 3.63) is 35.9 Å². The fourth-order valence-electron chi connectivity index (χ4n) is 2.40. The molecule has 1 aliphatic carbocycles. The third kappa shape index (κ3) is 2.31. The molecule has 1 aromatic carbocycles. The van der Waals surface area contributed by atoms with Gasteiger partial charge in [-0.15, -0.1) is 0 Å². The largest absolute Gasteiger partial charge is 1.00 e. The monoisotopic (exact) mass is 255 g/mol. The Morgan fingerprint density at radius 1 is 1.47 bits per heavy atom. The van der Waals surface area contributed by atoms with Crippen molar-refractivity contribution in [3.8, 4) is 0 Å². The lowest BCUT2D eigenvalue weighted by molar-refractivity contribution is -0.373. The SMILES string of the molecule is CCOC(=O)[C@]1(c2ccccc2)C[C@H]1C[NH3+].[Cl-]. The van der Waals surface area contributed by atoms with Gasteiger partial charge in [-0.2, -0.15) is 0 Å². The van der Waals surface area contributed by atoms with Crippen LogP contribution in [0.5, 0.6) is 0 Å². The highest BCUT2D eigenvalue weighted by molar-refractivity contribution is 5.87. The van der Waals surface area contributed by atoms with Crippen LogP contribution in [0.3, 0.4) is 0 Å². The Kier molecular flexibility index (Phi) is 4.54. The lowest BCUT2D eigenvalue weighted by Crippen LogP contribution is -3.00. The molecule has 0 radical (unpaired) electrons. The standard InChI is InChI=1S/C13H17NO2.ClH/c1-2-16-12(15)13(8-11(13)9-14)10-6-4-3-5-7-10;/h3-7,11H,2,8-9,14H2,1H3;1H/t11-,13-;/m0./s1. The van der Waals surface area contributed by atoms with Crippen molar-refractivity contribution < 1.29 is 27.7 Å². The molecule has 0 bridgehead atoms. The quantitative estimate of drug-likeness (QED) is 0.619. The number of halogens is 1. The van der Waals surface area contributed by atoms with Crippen LogP contribution in [0.2, 0.25) is 0 Å². The van der Waals surface area contributed by atoms with Gasteiger partial charge in [0.15, 0.2) is 0 Å². The Labute approximate surface area is 108 Å². The van der Waals surface area contributed by atoms with Gasteiger partial charge >= 0.3 is 5.97 Å². The van der Waals surface area contributed by atoms with Gasteiger partial charge in [0.05, 0.1) is 13.2 Å². The second-order valence-electron chi connectivity index (χ2n) is 4.25. The van der Waals surface area contributed by atoms with Crippen molar-refractivity contribution >= 4 is 5.97 Å². The molecule has 1 aromatic rings. The zero-order valence-electron chi connectivity index (χ0n) is 9.99. The van der Waals surface area contributed by atoms with E-state index in [1.807, 2.05) is 37.3 Å².